The summed E-state index contributed by atoms with van der Waals surface area (Å²) in [7, 11) is -2.82. The highest BCUT2D eigenvalue weighted by Crippen LogP contribution is 2.39. The SMILES string of the molecule is c1ccc(-c2cc(-c3ccccc3)nc(-n3c4ccccc4c4cnc5c6c(ccc5c43)-c3ccccc3[Si]6(c3ccccc3)c3ccccc3)n2)cc1. The van der Waals surface area contributed by atoms with Gasteiger partial charge in [0.25, 0.3) is 0 Å². The van der Waals surface area contributed by atoms with Gasteiger partial charge in [-0.05, 0) is 44.0 Å². The van der Waals surface area contributed by atoms with Crippen LogP contribution in [-0.4, -0.2) is 27.6 Å². The number of pyridine rings is 1. The van der Waals surface area contributed by atoms with E-state index in [9.17, 15) is 0 Å². The monoisotopic (exact) mass is 704 g/mol. The Morgan fingerprint density at radius 1 is 0.444 bits per heavy atom. The molecule has 0 amide bonds. The first-order valence-electron chi connectivity index (χ1n) is 18.4. The summed E-state index contributed by atoms with van der Waals surface area (Å²) in [5.74, 6) is 0.632. The van der Waals surface area contributed by atoms with Gasteiger partial charge in [0, 0.05) is 33.5 Å². The van der Waals surface area contributed by atoms with E-state index in [0.29, 0.717) is 5.95 Å². The van der Waals surface area contributed by atoms with Gasteiger partial charge in [-0.15, -0.1) is 0 Å². The van der Waals surface area contributed by atoms with E-state index in [4.69, 9.17) is 15.0 Å². The van der Waals surface area contributed by atoms with E-state index in [-0.39, 0.29) is 0 Å². The van der Waals surface area contributed by atoms with Crippen LogP contribution < -0.4 is 20.7 Å². The lowest BCUT2D eigenvalue weighted by molar-refractivity contribution is 0.997. The van der Waals surface area contributed by atoms with Crippen molar-refractivity contribution in [3.8, 4) is 39.6 Å². The maximum Gasteiger partial charge on any atom is 0.235 e. The molecule has 4 heterocycles. The molecule has 0 spiro atoms. The zero-order valence-corrected chi connectivity index (χ0v) is 30.3. The van der Waals surface area contributed by atoms with Crippen LogP contribution in [0.1, 0.15) is 0 Å². The minimum atomic E-state index is -2.82. The molecule has 0 saturated carbocycles. The predicted octanol–water partition coefficient (Wildman–Crippen LogP) is 8.81. The normalized spacial score (nSPS) is 13.0. The Morgan fingerprint density at radius 2 is 1.00 bits per heavy atom. The quantitative estimate of drug-likeness (QED) is 0.168. The number of nitrogens with zero attached hydrogens (tertiary/aromatic N) is 4. The second-order valence-corrected chi connectivity index (χ2v) is 17.6. The third-order valence-electron chi connectivity index (χ3n) is 11.1. The first-order valence-corrected chi connectivity index (χ1v) is 20.4. The van der Waals surface area contributed by atoms with E-state index in [0.717, 1.165) is 55.2 Å². The highest BCUT2D eigenvalue weighted by atomic mass is 28.3. The van der Waals surface area contributed by atoms with Crippen LogP contribution >= 0.6 is 0 Å². The number of hydrogen-bond acceptors (Lipinski definition) is 3. The summed E-state index contributed by atoms with van der Waals surface area (Å²) in [5, 5.41) is 8.73. The van der Waals surface area contributed by atoms with Gasteiger partial charge in [-0.3, -0.25) is 9.55 Å². The van der Waals surface area contributed by atoms with Crippen molar-refractivity contribution in [3.63, 3.8) is 0 Å². The fourth-order valence-electron chi connectivity index (χ4n) is 8.89. The maximum atomic E-state index is 5.48. The van der Waals surface area contributed by atoms with Gasteiger partial charge in [-0.2, -0.15) is 0 Å². The van der Waals surface area contributed by atoms with Crippen LogP contribution in [0.4, 0.5) is 0 Å². The molecule has 0 radical (unpaired) electrons. The zero-order valence-electron chi connectivity index (χ0n) is 29.3. The van der Waals surface area contributed by atoms with Crippen molar-refractivity contribution < 1.29 is 0 Å². The Hall–Kier alpha value is -6.95. The molecule has 0 fully saturated rings. The van der Waals surface area contributed by atoms with Gasteiger partial charge in [0.2, 0.25) is 5.95 Å². The molecule has 0 atom stereocenters. The van der Waals surface area contributed by atoms with E-state index in [1.807, 2.05) is 12.1 Å². The molecule has 54 heavy (non-hydrogen) atoms. The molecule has 0 N–H and O–H groups in total. The fraction of sp³-hybridized carbons (Fsp3) is 0. The smallest absolute Gasteiger partial charge is 0.235 e. The second kappa shape index (κ2) is 12.1. The summed E-state index contributed by atoms with van der Waals surface area (Å²) >= 11 is 0. The van der Waals surface area contributed by atoms with Gasteiger partial charge in [0.05, 0.1) is 27.9 Å². The lowest BCUT2D eigenvalue weighted by atomic mass is 10.0. The number of hydrogen-bond donors (Lipinski definition) is 0. The van der Waals surface area contributed by atoms with Crippen LogP contribution in [0.3, 0.4) is 0 Å². The van der Waals surface area contributed by atoms with Crippen LogP contribution in [0.2, 0.25) is 0 Å². The second-order valence-electron chi connectivity index (χ2n) is 14.0. The largest absolute Gasteiger partial charge is 0.277 e. The molecule has 10 aromatic rings. The number of rotatable bonds is 5. The van der Waals surface area contributed by atoms with Crippen molar-refractivity contribution in [2.45, 2.75) is 0 Å². The summed E-state index contributed by atoms with van der Waals surface area (Å²) in [6.07, 6.45) is 2.09. The zero-order chi connectivity index (χ0) is 35.6. The minimum Gasteiger partial charge on any atom is -0.277 e. The molecule has 7 aromatic carbocycles. The average molecular weight is 705 g/mol. The van der Waals surface area contributed by atoms with Crippen molar-refractivity contribution in [2.24, 2.45) is 0 Å². The molecular weight excluding hydrogens is 673 g/mol. The standard InChI is InChI=1S/C49H32N4Si/c1-5-17-33(18-6-1)42-31-43(34-19-7-2-8-20-34)52-49(51-42)53-44-27-15-13-25-37(44)41-32-50-46-40(47(41)53)30-29-39-38-26-14-16-28-45(38)54(48(39)46,35-21-9-3-10-22-35)36-23-11-4-12-24-36/h1-32H. The third kappa shape index (κ3) is 4.39. The van der Waals surface area contributed by atoms with Crippen molar-refractivity contribution in [3.05, 3.63) is 194 Å². The van der Waals surface area contributed by atoms with E-state index in [1.54, 1.807) is 0 Å². The van der Waals surface area contributed by atoms with Crippen LogP contribution in [-0.2, 0) is 0 Å². The molecule has 252 valence electrons. The molecular formula is C49H32N4Si. The summed E-state index contributed by atoms with van der Waals surface area (Å²) < 4.78 is 2.27. The van der Waals surface area contributed by atoms with Gasteiger partial charge in [0.1, 0.15) is 0 Å². The van der Waals surface area contributed by atoms with E-state index >= 15 is 0 Å². The number of para-hydroxylation sites is 1. The van der Waals surface area contributed by atoms with Crippen LogP contribution in [0, 0.1) is 0 Å². The lowest BCUT2D eigenvalue weighted by Gasteiger charge is -2.31. The third-order valence-corrected chi connectivity index (χ3v) is 16.0. The molecule has 4 nitrogen and oxygen atoms in total. The molecule has 1 aliphatic heterocycles. The molecule has 0 aliphatic carbocycles. The van der Waals surface area contributed by atoms with E-state index in [2.05, 4.69) is 187 Å². The van der Waals surface area contributed by atoms with E-state index < -0.39 is 8.07 Å². The summed E-state index contributed by atoms with van der Waals surface area (Å²) in [6, 6.07) is 67.4. The van der Waals surface area contributed by atoms with Gasteiger partial charge in [0.15, 0.2) is 8.07 Å². The van der Waals surface area contributed by atoms with Crippen molar-refractivity contribution in [2.75, 3.05) is 0 Å². The lowest BCUT2D eigenvalue weighted by Crippen LogP contribution is -2.73. The highest BCUT2D eigenvalue weighted by molar-refractivity contribution is 7.23. The predicted molar refractivity (Wildman–Crippen MR) is 225 cm³/mol. The Morgan fingerprint density at radius 3 is 1.65 bits per heavy atom. The Kier molecular flexibility index (Phi) is 6.84. The summed E-state index contributed by atoms with van der Waals surface area (Å²) in [4.78, 5) is 16.2. The molecule has 1 aliphatic rings. The first kappa shape index (κ1) is 30.7. The molecule has 0 unspecified atom stereocenters. The van der Waals surface area contributed by atoms with Crippen molar-refractivity contribution in [1.29, 1.82) is 0 Å². The van der Waals surface area contributed by atoms with Gasteiger partial charge in [-0.1, -0.05) is 176 Å². The first-order chi connectivity index (χ1) is 26.8. The van der Waals surface area contributed by atoms with Crippen LogP contribution in [0.25, 0.3) is 72.3 Å². The van der Waals surface area contributed by atoms with Crippen LogP contribution in [0.15, 0.2) is 194 Å². The number of fused-ring (bicyclic) bond motifs is 9. The number of aromatic nitrogens is 4. The van der Waals surface area contributed by atoms with Gasteiger partial charge in [-0.25, -0.2) is 9.97 Å². The van der Waals surface area contributed by atoms with Gasteiger partial charge < -0.3 is 0 Å². The van der Waals surface area contributed by atoms with Crippen molar-refractivity contribution in [1.82, 2.24) is 19.5 Å². The Balaban J connectivity index is 1.29. The topological polar surface area (TPSA) is 43.6 Å². The molecule has 3 aromatic heterocycles. The average Bonchev–Trinajstić information content (AvgIpc) is 3.76. The van der Waals surface area contributed by atoms with Crippen LogP contribution in [0.5, 0.6) is 0 Å². The summed E-state index contributed by atoms with van der Waals surface area (Å²) in [6.45, 7) is 0. The fourth-order valence-corrected chi connectivity index (χ4v) is 14.2. The van der Waals surface area contributed by atoms with E-state index in [1.165, 1.54) is 31.9 Å². The van der Waals surface area contributed by atoms with Gasteiger partial charge >= 0.3 is 0 Å². The Bertz CT molecular complexity index is 2940. The molecule has 11 rings (SSSR count). The molecule has 5 heteroatoms. The maximum absolute atomic E-state index is 5.48. The molecule has 0 saturated heterocycles. The van der Waals surface area contributed by atoms with Crippen molar-refractivity contribution >= 4 is 61.5 Å². The Labute approximate surface area is 313 Å². The summed E-state index contributed by atoms with van der Waals surface area (Å²) in [5.41, 5.74) is 9.54. The number of benzene rings is 7. The minimum absolute atomic E-state index is 0.632. The highest BCUT2D eigenvalue weighted by Gasteiger charge is 2.50. The molecule has 0 bridgehead atoms.